The van der Waals surface area contributed by atoms with E-state index >= 15 is 0 Å². The maximum Gasteiger partial charge on any atom is 0.324 e. The van der Waals surface area contributed by atoms with Crippen molar-refractivity contribution in [2.75, 3.05) is 0 Å². The lowest BCUT2D eigenvalue weighted by Gasteiger charge is -2.14. The van der Waals surface area contributed by atoms with Crippen LogP contribution < -0.4 is 10.5 Å². The van der Waals surface area contributed by atoms with Gasteiger partial charge in [0.25, 0.3) is 0 Å². The fourth-order valence-electron chi connectivity index (χ4n) is 1.57. The number of benzene rings is 1. The van der Waals surface area contributed by atoms with Crippen LogP contribution >= 0.6 is 0 Å². The molecular formula is C10H11NO3. The molecule has 1 aliphatic heterocycles. The molecule has 2 atom stereocenters. The molecule has 0 bridgehead atoms. The lowest BCUT2D eigenvalue weighted by atomic mass is 10.1. The fourth-order valence-corrected chi connectivity index (χ4v) is 1.57. The van der Waals surface area contributed by atoms with Gasteiger partial charge >= 0.3 is 5.97 Å². The van der Waals surface area contributed by atoms with Crippen LogP contribution in [0, 0.1) is 0 Å². The third-order valence-corrected chi connectivity index (χ3v) is 2.36. The first-order valence-corrected chi connectivity index (χ1v) is 4.41. The molecule has 0 amide bonds. The fraction of sp³-hybridized carbons (Fsp3) is 0.300. The summed E-state index contributed by atoms with van der Waals surface area (Å²) in [7, 11) is 0. The van der Waals surface area contributed by atoms with E-state index in [-0.39, 0.29) is 0 Å². The third-order valence-electron chi connectivity index (χ3n) is 2.36. The third kappa shape index (κ3) is 1.44. The second-order valence-corrected chi connectivity index (χ2v) is 3.33. The van der Waals surface area contributed by atoms with Gasteiger partial charge in [0.2, 0.25) is 0 Å². The lowest BCUT2D eigenvalue weighted by Crippen LogP contribution is -2.44. The highest BCUT2D eigenvalue weighted by Crippen LogP contribution is 2.28. The van der Waals surface area contributed by atoms with Crippen LogP contribution in [0.2, 0.25) is 0 Å². The van der Waals surface area contributed by atoms with Gasteiger partial charge in [-0.2, -0.15) is 0 Å². The molecule has 0 spiro atoms. The van der Waals surface area contributed by atoms with Gasteiger partial charge in [-0.3, -0.25) is 4.79 Å². The summed E-state index contributed by atoms with van der Waals surface area (Å²) < 4.78 is 5.42. The topological polar surface area (TPSA) is 72.6 Å². The zero-order chi connectivity index (χ0) is 10.1. The van der Waals surface area contributed by atoms with Crippen LogP contribution in [0.3, 0.4) is 0 Å². The highest BCUT2D eigenvalue weighted by Gasteiger charge is 2.31. The predicted octanol–water partition coefficient (Wildman–Crippen LogP) is 0.402. The van der Waals surface area contributed by atoms with E-state index in [1.54, 1.807) is 0 Å². The number of carboxylic acids is 1. The number of carboxylic acid groups (broad SMARTS) is 1. The van der Waals surface area contributed by atoms with Crippen molar-refractivity contribution in [2.45, 2.75) is 18.6 Å². The standard InChI is InChI=1S/C10H11NO3/c11-9(10(12)13)8-5-6-3-1-2-4-7(6)14-8/h1-4,8-9H,5,11H2,(H,12,13). The monoisotopic (exact) mass is 193 g/mol. The number of ether oxygens (including phenoxy) is 1. The highest BCUT2D eigenvalue weighted by atomic mass is 16.5. The number of hydrogen-bond donors (Lipinski definition) is 2. The minimum atomic E-state index is -1.03. The molecule has 0 aliphatic carbocycles. The molecule has 1 aliphatic rings. The Bertz CT molecular complexity index is 339. The van der Waals surface area contributed by atoms with Gasteiger partial charge in [-0.15, -0.1) is 0 Å². The Hall–Kier alpha value is -1.55. The summed E-state index contributed by atoms with van der Waals surface area (Å²) in [5.74, 6) is -0.281. The molecule has 4 heteroatoms. The van der Waals surface area contributed by atoms with Gasteiger partial charge < -0.3 is 15.6 Å². The van der Waals surface area contributed by atoms with Gasteiger partial charge in [-0.25, -0.2) is 0 Å². The number of hydrogen-bond acceptors (Lipinski definition) is 3. The Balaban J connectivity index is 2.15. The Labute approximate surface area is 81.3 Å². The summed E-state index contributed by atoms with van der Waals surface area (Å²) in [5.41, 5.74) is 6.50. The zero-order valence-electron chi connectivity index (χ0n) is 7.51. The van der Waals surface area contributed by atoms with Crippen LogP contribution in [0.15, 0.2) is 24.3 Å². The number of aliphatic carboxylic acids is 1. The summed E-state index contributed by atoms with van der Waals surface area (Å²) in [6.07, 6.45) is 0.133. The van der Waals surface area contributed by atoms with Crippen molar-refractivity contribution in [3.63, 3.8) is 0 Å². The van der Waals surface area contributed by atoms with Crippen molar-refractivity contribution in [1.82, 2.24) is 0 Å². The van der Waals surface area contributed by atoms with Crippen molar-refractivity contribution >= 4 is 5.97 Å². The molecule has 74 valence electrons. The van der Waals surface area contributed by atoms with E-state index in [9.17, 15) is 4.79 Å². The molecule has 1 aromatic rings. The van der Waals surface area contributed by atoms with Gasteiger partial charge in [-0.05, 0) is 11.6 Å². The molecule has 4 nitrogen and oxygen atoms in total. The highest BCUT2D eigenvalue weighted by molar-refractivity contribution is 5.74. The molecule has 0 saturated heterocycles. The van der Waals surface area contributed by atoms with E-state index in [1.165, 1.54) is 0 Å². The minimum absolute atomic E-state index is 0.440. The van der Waals surface area contributed by atoms with Crippen LogP contribution in [-0.4, -0.2) is 23.2 Å². The molecule has 14 heavy (non-hydrogen) atoms. The van der Waals surface area contributed by atoms with Crippen LogP contribution in [0.1, 0.15) is 5.56 Å². The maximum absolute atomic E-state index is 10.6. The average Bonchev–Trinajstić information content (AvgIpc) is 2.59. The molecule has 0 fully saturated rings. The summed E-state index contributed by atoms with van der Waals surface area (Å²) >= 11 is 0. The van der Waals surface area contributed by atoms with Crippen LogP contribution in [0.5, 0.6) is 5.75 Å². The van der Waals surface area contributed by atoms with E-state index in [1.807, 2.05) is 24.3 Å². The van der Waals surface area contributed by atoms with E-state index in [4.69, 9.17) is 15.6 Å². The van der Waals surface area contributed by atoms with E-state index in [2.05, 4.69) is 0 Å². The summed E-state index contributed by atoms with van der Waals surface area (Å²) in [5, 5.41) is 8.72. The lowest BCUT2D eigenvalue weighted by molar-refractivity contribution is -0.140. The molecule has 0 aromatic heterocycles. The van der Waals surface area contributed by atoms with Crippen molar-refractivity contribution < 1.29 is 14.6 Å². The Morgan fingerprint density at radius 1 is 1.57 bits per heavy atom. The van der Waals surface area contributed by atoms with Crippen LogP contribution in [0.25, 0.3) is 0 Å². The second-order valence-electron chi connectivity index (χ2n) is 3.33. The molecule has 0 radical (unpaired) electrons. The Kier molecular flexibility index (Phi) is 2.13. The number of fused-ring (bicyclic) bond motifs is 1. The molecule has 0 saturated carbocycles. The first-order valence-electron chi connectivity index (χ1n) is 4.41. The molecule has 2 unspecified atom stereocenters. The predicted molar refractivity (Wildman–Crippen MR) is 50.2 cm³/mol. The van der Waals surface area contributed by atoms with Gasteiger partial charge in [0.05, 0.1) is 0 Å². The molecule has 3 N–H and O–H groups in total. The summed E-state index contributed by atoms with van der Waals surface area (Å²) in [4.78, 5) is 10.6. The minimum Gasteiger partial charge on any atom is -0.488 e. The smallest absolute Gasteiger partial charge is 0.324 e. The van der Waals surface area contributed by atoms with Gasteiger partial charge in [0, 0.05) is 6.42 Å². The number of para-hydroxylation sites is 1. The second kappa shape index (κ2) is 3.31. The first kappa shape index (κ1) is 9.02. The zero-order valence-corrected chi connectivity index (χ0v) is 7.51. The van der Waals surface area contributed by atoms with Gasteiger partial charge in [-0.1, -0.05) is 18.2 Å². The normalized spacial score (nSPS) is 21.1. The SMILES string of the molecule is NC(C(=O)O)C1Cc2ccccc2O1. The Morgan fingerprint density at radius 3 is 2.93 bits per heavy atom. The Morgan fingerprint density at radius 2 is 2.29 bits per heavy atom. The number of rotatable bonds is 2. The number of carbonyl (C=O) groups is 1. The summed E-state index contributed by atoms with van der Waals surface area (Å²) in [6, 6.07) is 6.54. The van der Waals surface area contributed by atoms with Gasteiger partial charge in [0.1, 0.15) is 17.9 Å². The molecule has 1 heterocycles. The van der Waals surface area contributed by atoms with E-state index in [0.717, 1.165) is 11.3 Å². The van der Waals surface area contributed by atoms with E-state index in [0.29, 0.717) is 6.42 Å². The van der Waals surface area contributed by atoms with E-state index < -0.39 is 18.1 Å². The van der Waals surface area contributed by atoms with Crippen molar-refractivity contribution in [2.24, 2.45) is 5.73 Å². The van der Waals surface area contributed by atoms with Crippen LogP contribution in [-0.2, 0) is 11.2 Å². The molecular weight excluding hydrogens is 182 g/mol. The first-order chi connectivity index (χ1) is 6.68. The van der Waals surface area contributed by atoms with Crippen molar-refractivity contribution in [3.05, 3.63) is 29.8 Å². The van der Waals surface area contributed by atoms with Crippen molar-refractivity contribution in [1.29, 1.82) is 0 Å². The molecule has 2 rings (SSSR count). The van der Waals surface area contributed by atoms with Crippen molar-refractivity contribution in [3.8, 4) is 5.75 Å². The number of nitrogens with two attached hydrogens (primary N) is 1. The maximum atomic E-state index is 10.6. The van der Waals surface area contributed by atoms with Gasteiger partial charge in [0.15, 0.2) is 0 Å². The average molecular weight is 193 g/mol. The summed E-state index contributed by atoms with van der Waals surface area (Å²) in [6.45, 7) is 0. The van der Waals surface area contributed by atoms with Crippen LogP contribution in [0.4, 0.5) is 0 Å². The molecule has 1 aromatic carbocycles. The quantitative estimate of drug-likeness (QED) is 0.713. The largest absolute Gasteiger partial charge is 0.488 e.